The lowest BCUT2D eigenvalue weighted by Gasteiger charge is -2.05. The molecule has 0 spiro atoms. The molecule has 1 rings (SSSR count). The van der Waals surface area contributed by atoms with Crippen LogP contribution in [0.15, 0.2) is 18.2 Å². The maximum absolute atomic E-state index is 10.5. The lowest BCUT2D eigenvalue weighted by Crippen LogP contribution is -2.04. The molecular weight excluding hydrogens is 180 g/mol. The molecular formula is C10H10N2O2. The Morgan fingerprint density at radius 1 is 1.50 bits per heavy atom. The summed E-state index contributed by atoms with van der Waals surface area (Å²) >= 11 is 0. The molecule has 0 fully saturated rings. The summed E-state index contributed by atoms with van der Waals surface area (Å²) in [5, 5.41) is 17.1. The average Bonchev–Trinajstić information content (AvgIpc) is 2.09. The van der Waals surface area contributed by atoms with Crippen molar-refractivity contribution in [2.45, 2.75) is 12.8 Å². The Hall–Kier alpha value is -2.02. The summed E-state index contributed by atoms with van der Waals surface area (Å²) in [4.78, 5) is 10.5. The Bertz CT molecular complexity index is 394. The first kappa shape index (κ1) is 10.1. The molecule has 0 aliphatic rings. The monoisotopic (exact) mass is 190 g/mol. The van der Waals surface area contributed by atoms with Gasteiger partial charge in [-0.05, 0) is 23.3 Å². The summed E-state index contributed by atoms with van der Waals surface area (Å²) in [5.74, 6) is -0.921. The van der Waals surface area contributed by atoms with Gasteiger partial charge >= 0.3 is 5.97 Å². The number of carboxylic acids is 1. The van der Waals surface area contributed by atoms with Gasteiger partial charge in [-0.15, -0.1) is 0 Å². The van der Waals surface area contributed by atoms with E-state index < -0.39 is 5.97 Å². The second kappa shape index (κ2) is 4.28. The number of nitrogens with two attached hydrogens (primary N) is 1. The Kier molecular flexibility index (Phi) is 3.08. The fourth-order valence-electron chi connectivity index (χ4n) is 1.23. The number of hydrogen-bond acceptors (Lipinski definition) is 3. The molecule has 3 N–H and O–H groups in total. The van der Waals surface area contributed by atoms with E-state index in [1.165, 1.54) is 0 Å². The number of anilines is 1. The molecule has 0 saturated carbocycles. The number of carboxylic acid groups (broad SMARTS) is 1. The second-order valence-corrected chi connectivity index (χ2v) is 2.93. The number of hydrogen-bond donors (Lipinski definition) is 2. The second-order valence-electron chi connectivity index (χ2n) is 2.93. The zero-order chi connectivity index (χ0) is 10.6. The number of aliphatic carboxylic acids is 1. The first-order valence-corrected chi connectivity index (χ1v) is 4.09. The van der Waals surface area contributed by atoms with E-state index in [4.69, 9.17) is 16.1 Å². The third kappa shape index (κ3) is 2.49. The Morgan fingerprint density at radius 2 is 2.21 bits per heavy atom. The van der Waals surface area contributed by atoms with Crippen molar-refractivity contribution in [3.63, 3.8) is 0 Å². The highest BCUT2D eigenvalue weighted by molar-refractivity contribution is 5.71. The highest BCUT2D eigenvalue weighted by Crippen LogP contribution is 2.14. The first-order valence-electron chi connectivity index (χ1n) is 4.09. The highest BCUT2D eigenvalue weighted by atomic mass is 16.4. The van der Waals surface area contributed by atoms with E-state index in [2.05, 4.69) is 0 Å². The molecule has 1 aromatic rings. The molecule has 0 aromatic heterocycles. The quantitative estimate of drug-likeness (QED) is 0.695. The van der Waals surface area contributed by atoms with Crippen LogP contribution in [0.1, 0.15) is 11.1 Å². The summed E-state index contributed by atoms with van der Waals surface area (Å²) in [5.41, 5.74) is 7.38. The summed E-state index contributed by atoms with van der Waals surface area (Å²) in [7, 11) is 0. The van der Waals surface area contributed by atoms with Crippen molar-refractivity contribution in [1.82, 2.24) is 0 Å². The van der Waals surface area contributed by atoms with Crippen LogP contribution in [0.4, 0.5) is 5.69 Å². The number of rotatable bonds is 3. The Balaban J connectivity index is 3.03. The van der Waals surface area contributed by atoms with Crippen LogP contribution in [0.5, 0.6) is 0 Å². The summed E-state index contributed by atoms with van der Waals surface area (Å²) < 4.78 is 0. The zero-order valence-electron chi connectivity index (χ0n) is 7.53. The average molecular weight is 190 g/mol. The molecule has 4 nitrogen and oxygen atoms in total. The first-order chi connectivity index (χ1) is 6.63. The molecule has 1 aromatic carbocycles. The lowest BCUT2D eigenvalue weighted by molar-refractivity contribution is -0.136. The molecule has 0 aliphatic heterocycles. The molecule has 0 unspecified atom stereocenters. The van der Waals surface area contributed by atoms with E-state index in [9.17, 15) is 4.79 Å². The van der Waals surface area contributed by atoms with Crippen molar-refractivity contribution in [2.75, 3.05) is 5.73 Å². The summed E-state index contributed by atoms with van der Waals surface area (Å²) in [6.07, 6.45) is 0.116. The topological polar surface area (TPSA) is 87.1 Å². The van der Waals surface area contributed by atoms with Gasteiger partial charge in [-0.2, -0.15) is 5.26 Å². The standard InChI is InChI=1S/C10H10N2O2/c11-4-3-7-1-2-9(12)5-8(7)6-10(13)14/h1-2,5H,3,6,12H2,(H,13,14). The molecule has 0 atom stereocenters. The minimum absolute atomic E-state index is 0.0952. The van der Waals surface area contributed by atoms with Crippen LogP contribution in [-0.2, 0) is 17.6 Å². The van der Waals surface area contributed by atoms with Crippen LogP contribution in [-0.4, -0.2) is 11.1 Å². The van der Waals surface area contributed by atoms with Crippen LogP contribution >= 0.6 is 0 Å². The van der Waals surface area contributed by atoms with E-state index in [1.54, 1.807) is 18.2 Å². The van der Waals surface area contributed by atoms with Crippen molar-refractivity contribution in [3.05, 3.63) is 29.3 Å². The minimum atomic E-state index is -0.921. The molecule has 0 saturated heterocycles. The van der Waals surface area contributed by atoms with Crippen molar-refractivity contribution in [3.8, 4) is 6.07 Å². The van der Waals surface area contributed by atoms with Crippen molar-refractivity contribution in [2.24, 2.45) is 0 Å². The number of carbonyl (C=O) groups is 1. The van der Waals surface area contributed by atoms with E-state index in [-0.39, 0.29) is 12.8 Å². The highest BCUT2D eigenvalue weighted by Gasteiger charge is 2.06. The van der Waals surface area contributed by atoms with Crippen molar-refractivity contribution >= 4 is 11.7 Å². The van der Waals surface area contributed by atoms with Crippen LogP contribution in [0.25, 0.3) is 0 Å². The van der Waals surface area contributed by atoms with Gasteiger partial charge in [0.1, 0.15) is 0 Å². The molecule has 0 radical (unpaired) electrons. The lowest BCUT2D eigenvalue weighted by atomic mass is 10.0. The Morgan fingerprint density at radius 3 is 2.79 bits per heavy atom. The van der Waals surface area contributed by atoms with Gasteiger partial charge in [-0.25, -0.2) is 0 Å². The SMILES string of the molecule is N#CCc1ccc(N)cc1CC(=O)O. The minimum Gasteiger partial charge on any atom is -0.481 e. The van der Waals surface area contributed by atoms with Gasteiger partial charge in [-0.3, -0.25) is 4.79 Å². The van der Waals surface area contributed by atoms with Gasteiger partial charge in [0.05, 0.1) is 18.9 Å². The largest absolute Gasteiger partial charge is 0.481 e. The van der Waals surface area contributed by atoms with Crippen LogP contribution in [0.3, 0.4) is 0 Å². The molecule has 0 heterocycles. The van der Waals surface area contributed by atoms with Crippen molar-refractivity contribution in [1.29, 1.82) is 5.26 Å². The normalized spacial score (nSPS) is 9.36. The van der Waals surface area contributed by atoms with Crippen LogP contribution < -0.4 is 5.73 Å². The maximum atomic E-state index is 10.5. The van der Waals surface area contributed by atoms with Crippen LogP contribution in [0.2, 0.25) is 0 Å². The predicted octanol–water partition coefficient (Wildman–Crippen LogP) is 0.962. The van der Waals surface area contributed by atoms with Gasteiger partial charge in [0.25, 0.3) is 0 Å². The molecule has 72 valence electrons. The molecule has 0 amide bonds. The maximum Gasteiger partial charge on any atom is 0.307 e. The third-order valence-corrected chi connectivity index (χ3v) is 1.84. The summed E-state index contributed by atoms with van der Waals surface area (Å²) in [6.45, 7) is 0. The number of nitriles is 1. The van der Waals surface area contributed by atoms with E-state index in [0.29, 0.717) is 11.3 Å². The van der Waals surface area contributed by atoms with Crippen LogP contribution in [0, 0.1) is 11.3 Å². The Labute approximate surface area is 81.6 Å². The zero-order valence-corrected chi connectivity index (χ0v) is 7.53. The number of benzene rings is 1. The van der Waals surface area contributed by atoms with Gasteiger partial charge in [-0.1, -0.05) is 6.07 Å². The summed E-state index contributed by atoms with van der Waals surface area (Å²) in [6, 6.07) is 6.94. The number of nitrogens with zero attached hydrogens (tertiary/aromatic N) is 1. The smallest absolute Gasteiger partial charge is 0.307 e. The number of nitrogen functional groups attached to an aromatic ring is 1. The molecule has 0 aliphatic carbocycles. The van der Waals surface area contributed by atoms with E-state index in [1.807, 2.05) is 6.07 Å². The van der Waals surface area contributed by atoms with Gasteiger partial charge in [0, 0.05) is 5.69 Å². The van der Waals surface area contributed by atoms with E-state index >= 15 is 0 Å². The predicted molar refractivity (Wildman–Crippen MR) is 51.5 cm³/mol. The van der Waals surface area contributed by atoms with E-state index in [0.717, 1.165) is 5.56 Å². The van der Waals surface area contributed by atoms with Gasteiger partial charge in [0.15, 0.2) is 0 Å². The fraction of sp³-hybridized carbons (Fsp3) is 0.200. The third-order valence-electron chi connectivity index (χ3n) is 1.84. The molecule has 0 bridgehead atoms. The van der Waals surface area contributed by atoms with Gasteiger partial charge in [0.2, 0.25) is 0 Å². The molecule has 4 heteroatoms. The van der Waals surface area contributed by atoms with Crippen molar-refractivity contribution < 1.29 is 9.90 Å². The van der Waals surface area contributed by atoms with Gasteiger partial charge < -0.3 is 10.8 Å². The molecule has 14 heavy (non-hydrogen) atoms. The fourth-order valence-corrected chi connectivity index (χ4v) is 1.23.